The van der Waals surface area contributed by atoms with Gasteiger partial charge in [0.25, 0.3) is 0 Å². The Bertz CT molecular complexity index is 956. The van der Waals surface area contributed by atoms with E-state index < -0.39 is 21.5 Å². The molecule has 5 heteroatoms. The van der Waals surface area contributed by atoms with E-state index >= 15 is 0 Å². The van der Waals surface area contributed by atoms with Crippen molar-refractivity contribution in [2.24, 2.45) is 0 Å². The normalized spacial score (nSPS) is 20.1. The first-order chi connectivity index (χ1) is 12.2. The third-order valence-corrected chi connectivity index (χ3v) is 6.66. The van der Waals surface area contributed by atoms with Crippen LogP contribution < -0.4 is 0 Å². The number of hydrogen-bond donors (Lipinski definition) is 0. The van der Waals surface area contributed by atoms with E-state index in [1.165, 1.54) is 0 Å². The van der Waals surface area contributed by atoms with E-state index in [4.69, 9.17) is 4.74 Å². The zero-order chi connectivity index (χ0) is 18.9. The van der Waals surface area contributed by atoms with Crippen molar-refractivity contribution in [3.05, 3.63) is 81.2 Å². The van der Waals surface area contributed by atoms with E-state index in [1.807, 2.05) is 57.2 Å². The highest BCUT2D eigenvalue weighted by atomic mass is 79.9. The molecule has 2 aromatic rings. The van der Waals surface area contributed by atoms with Crippen molar-refractivity contribution in [3.8, 4) is 0 Å². The van der Waals surface area contributed by atoms with Crippen molar-refractivity contribution in [1.29, 1.82) is 0 Å². The zero-order valence-corrected chi connectivity index (χ0v) is 17.3. The predicted molar refractivity (Wildman–Crippen MR) is 109 cm³/mol. The topological polar surface area (TPSA) is 43.4 Å². The standard InChI is InChI=1S/C21H21BrO3S/c1-15-9-11-17(12-10-15)26(23,24)19-14-21(2,3)25-20(19)18(22)13-16-7-5-4-6-8-16/h4-14,20H,1-3H3/b18-13-. The lowest BCUT2D eigenvalue weighted by atomic mass is 10.1. The van der Waals surface area contributed by atoms with Crippen molar-refractivity contribution in [1.82, 2.24) is 0 Å². The minimum absolute atomic E-state index is 0.269. The molecule has 0 amide bonds. The third kappa shape index (κ3) is 4.00. The van der Waals surface area contributed by atoms with Crippen LogP contribution in [0, 0.1) is 6.92 Å². The highest BCUT2D eigenvalue weighted by Crippen LogP contribution is 2.40. The zero-order valence-electron chi connectivity index (χ0n) is 14.9. The van der Waals surface area contributed by atoms with Crippen LogP contribution in [0.5, 0.6) is 0 Å². The minimum atomic E-state index is -3.65. The molecule has 0 saturated carbocycles. The van der Waals surface area contributed by atoms with Gasteiger partial charge in [0.1, 0.15) is 6.10 Å². The molecule has 0 radical (unpaired) electrons. The summed E-state index contributed by atoms with van der Waals surface area (Å²) in [4.78, 5) is 0.547. The molecule has 0 N–H and O–H groups in total. The van der Waals surface area contributed by atoms with E-state index in [0.29, 0.717) is 4.48 Å². The summed E-state index contributed by atoms with van der Waals surface area (Å²) in [6, 6.07) is 16.6. The average molecular weight is 433 g/mol. The first-order valence-electron chi connectivity index (χ1n) is 8.33. The smallest absolute Gasteiger partial charge is 0.205 e. The molecule has 1 atom stereocenters. The van der Waals surface area contributed by atoms with E-state index in [-0.39, 0.29) is 9.80 Å². The molecule has 0 aliphatic carbocycles. The fraction of sp³-hybridized carbons (Fsp3) is 0.238. The average Bonchev–Trinajstić information content (AvgIpc) is 2.93. The quantitative estimate of drug-likeness (QED) is 0.660. The summed E-state index contributed by atoms with van der Waals surface area (Å²) >= 11 is 3.54. The van der Waals surface area contributed by atoms with Crippen molar-refractivity contribution >= 4 is 31.8 Å². The Hall–Kier alpha value is -1.69. The molecule has 1 aliphatic heterocycles. The molecule has 3 nitrogen and oxygen atoms in total. The Morgan fingerprint density at radius 3 is 2.31 bits per heavy atom. The van der Waals surface area contributed by atoms with Gasteiger partial charge >= 0.3 is 0 Å². The molecule has 0 spiro atoms. The van der Waals surface area contributed by atoms with Gasteiger partial charge in [0.05, 0.1) is 15.4 Å². The molecule has 0 saturated heterocycles. The highest BCUT2D eigenvalue weighted by Gasteiger charge is 2.41. The lowest BCUT2D eigenvalue weighted by molar-refractivity contribution is 0.0214. The van der Waals surface area contributed by atoms with Crippen molar-refractivity contribution in [2.45, 2.75) is 37.4 Å². The van der Waals surface area contributed by atoms with Crippen LogP contribution >= 0.6 is 15.9 Å². The van der Waals surface area contributed by atoms with E-state index in [9.17, 15) is 8.42 Å². The summed E-state index contributed by atoms with van der Waals surface area (Å²) in [5.41, 5.74) is 1.32. The molecule has 136 valence electrons. The molecule has 0 bridgehead atoms. The van der Waals surface area contributed by atoms with Gasteiger partial charge in [0, 0.05) is 4.48 Å². The van der Waals surface area contributed by atoms with Gasteiger partial charge in [0.2, 0.25) is 9.84 Å². The Morgan fingerprint density at radius 2 is 1.69 bits per heavy atom. The molecule has 1 unspecified atom stereocenters. The van der Waals surface area contributed by atoms with Gasteiger partial charge in [-0.2, -0.15) is 0 Å². The van der Waals surface area contributed by atoms with Crippen molar-refractivity contribution in [2.75, 3.05) is 0 Å². The van der Waals surface area contributed by atoms with Crippen LogP contribution in [-0.2, 0) is 14.6 Å². The van der Waals surface area contributed by atoms with Crippen LogP contribution in [0.4, 0.5) is 0 Å². The summed E-state index contributed by atoms with van der Waals surface area (Å²) < 4.78 is 33.1. The van der Waals surface area contributed by atoms with Gasteiger partial charge < -0.3 is 4.74 Å². The lowest BCUT2D eigenvalue weighted by Gasteiger charge is -2.20. The number of aryl methyl sites for hydroxylation is 1. The first kappa shape index (κ1) is 19.1. The SMILES string of the molecule is Cc1ccc(S(=O)(=O)C2=CC(C)(C)OC2/C(Br)=C/c2ccccc2)cc1. The van der Waals surface area contributed by atoms with Gasteiger partial charge in [-0.05, 0) is 50.6 Å². The summed E-state index contributed by atoms with van der Waals surface area (Å²) in [5.74, 6) is 0. The summed E-state index contributed by atoms with van der Waals surface area (Å²) in [6.07, 6.45) is 2.92. The van der Waals surface area contributed by atoms with Crippen LogP contribution in [0.25, 0.3) is 6.08 Å². The van der Waals surface area contributed by atoms with E-state index in [2.05, 4.69) is 15.9 Å². The summed E-state index contributed by atoms with van der Waals surface area (Å²) in [5, 5.41) is 0. The largest absolute Gasteiger partial charge is 0.358 e. The maximum atomic E-state index is 13.2. The van der Waals surface area contributed by atoms with Gasteiger partial charge in [0.15, 0.2) is 0 Å². The van der Waals surface area contributed by atoms with Gasteiger partial charge in [-0.25, -0.2) is 8.42 Å². The maximum absolute atomic E-state index is 13.2. The first-order valence-corrected chi connectivity index (χ1v) is 10.6. The fourth-order valence-corrected chi connectivity index (χ4v) is 5.28. The highest BCUT2D eigenvalue weighted by molar-refractivity contribution is 9.11. The molecular weight excluding hydrogens is 412 g/mol. The van der Waals surface area contributed by atoms with E-state index in [0.717, 1.165) is 11.1 Å². The molecule has 2 aromatic carbocycles. The van der Waals surface area contributed by atoms with Gasteiger partial charge in [-0.1, -0.05) is 64.0 Å². The van der Waals surface area contributed by atoms with Crippen LogP contribution in [0.1, 0.15) is 25.0 Å². The third-order valence-electron chi connectivity index (χ3n) is 4.17. The van der Waals surface area contributed by atoms with Crippen molar-refractivity contribution in [3.63, 3.8) is 0 Å². The molecule has 1 heterocycles. The van der Waals surface area contributed by atoms with Gasteiger partial charge in [-0.3, -0.25) is 0 Å². The Balaban J connectivity index is 2.03. The fourth-order valence-electron chi connectivity index (χ4n) is 2.86. The second kappa shape index (κ2) is 7.14. The number of sulfone groups is 1. The van der Waals surface area contributed by atoms with Gasteiger partial charge in [-0.15, -0.1) is 0 Å². The van der Waals surface area contributed by atoms with Crippen molar-refractivity contribution < 1.29 is 13.2 Å². The molecule has 0 aromatic heterocycles. The minimum Gasteiger partial charge on any atom is -0.358 e. The number of benzene rings is 2. The Labute approximate surface area is 163 Å². The Kier molecular flexibility index (Phi) is 5.24. The molecular formula is C21H21BrO3S. The van der Waals surface area contributed by atoms with Crippen LogP contribution in [0.3, 0.4) is 0 Å². The molecule has 0 fully saturated rings. The lowest BCUT2D eigenvalue weighted by Crippen LogP contribution is -2.23. The molecule has 1 aliphatic rings. The monoisotopic (exact) mass is 432 g/mol. The van der Waals surface area contributed by atoms with Crippen LogP contribution in [0.2, 0.25) is 0 Å². The second-order valence-electron chi connectivity index (χ2n) is 6.90. The number of halogens is 1. The second-order valence-corrected chi connectivity index (χ2v) is 9.77. The predicted octanol–water partition coefficient (Wildman–Crippen LogP) is 5.27. The molecule has 26 heavy (non-hydrogen) atoms. The summed E-state index contributed by atoms with van der Waals surface area (Å²) in [7, 11) is -3.65. The maximum Gasteiger partial charge on any atom is 0.205 e. The molecule has 3 rings (SSSR count). The number of rotatable bonds is 4. The van der Waals surface area contributed by atoms with Crippen LogP contribution in [-0.4, -0.2) is 20.1 Å². The summed E-state index contributed by atoms with van der Waals surface area (Å²) in [6.45, 7) is 5.65. The Morgan fingerprint density at radius 1 is 1.08 bits per heavy atom. The van der Waals surface area contributed by atoms with E-state index in [1.54, 1.807) is 30.3 Å². The number of ether oxygens (including phenoxy) is 1. The van der Waals surface area contributed by atoms with Crippen LogP contribution in [0.15, 0.2) is 75.0 Å². The number of hydrogen-bond acceptors (Lipinski definition) is 3.